The average molecular weight is 251 g/mol. The first-order valence-corrected chi connectivity index (χ1v) is 6.71. The van der Waals surface area contributed by atoms with Crippen molar-refractivity contribution in [1.29, 1.82) is 0 Å². The summed E-state index contributed by atoms with van der Waals surface area (Å²) in [5, 5.41) is 3.41. The molecule has 0 spiro atoms. The summed E-state index contributed by atoms with van der Waals surface area (Å²) in [7, 11) is 0. The lowest BCUT2D eigenvalue weighted by atomic mass is 10.2. The summed E-state index contributed by atoms with van der Waals surface area (Å²) in [5.74, 6) is 2.13. The molecular formula is C15H25NO2. The van der Waals surface area contributed by atoms with Gasteiger partial charge in [-0.1, -0.05) is 32.9 Å². The first-order chi connectivity index (χ1) is 8.63. The van der Waals surface area contributed by atoms with Gasteiger partial charge >= 0.3 is 0 Å². The average Bonchev–Trinajstić information content (AvgIpc) is 2.35. The molecule has 0 aliphatic rings. The van der Waals surface area contributed by atoms with Gasteiger partial charge in [-0.2, -0.15) is 0 Å². The van der Waals surface area contributed by atoms with Gasteiger partial charge in [-0.25, -0.2) is 0 Å². The highest BCUT2D eigenvalue weighted by molar-refractivity contribution is 5.39. The Bertz CT molecular complexity index is 339. The molecule has 0 fully saturated rings. The van der Waals surface area contributed by atoms with Gasteiger partial charge in [0.25, 0.3) is 0 Å². The van der Waals surface area contributed by atoms with Crippen LogP contribution < -0.4 is 14.8 Å². The van der Waals surface area contributed by atoms with Crippen LogP contribution in [0.1, 0.15) is 27.7 Å². The predicted molar refractivity (Wildman–Crippen MR) is 75.4 cm³/mol. The molecule has 1 N–H and O–H groups in total. The Hall–Kier alpha value is -1.22. The summed E-state index contributed by atoms with van der Waals surface area (Å²) >= 11 is 0. The normalized spacial score (nSPS) is 12.5. The molecule has 1 aromatic rings. The third kappa shape index (κ3) is 5.41. The molecular weight excluding hydrogens is 226 g/mol. The Morgan fingerprint density at radius 1 is 1.06 bits per heavy atom. The minimum atomic E-state index is 0.474. The first-order valence-electron chi connectivity index (χ1n) is 6.71. The maximum atomic E-state index is 5.82. The smallest absolute Gasteiger partial charge is 0.161 e. The molecule has 0 saturated carbocycles. The minimum absolute atomic E-state index is 0.474. The van der Waals surface area contributed by atoms with E-state index in [2.05, 4.69) is 26.1 Å². The van der Waals surface area contributed by atoms with Gasteiger partial charge in [-0.05, 0) is 19.1 Å². The maximum Gasteiger partial charge on any atom is 0.161 e. The van der Waals surface area contributed by atoms with Gasteiger partial charge in [0.15, 0.2) is 11.5 Å². The topological polar surface area (TPSA) is 30.5 Å². The van der Waals surface area contributed by atoms with E-state index in [0.29, 0.717) is 25.2 Å². The highest BCUT2D eigenvalue weighted by Crippen LogP contribution is 2.26. The summed E-state index contributed by atoms with van der Waals surface area (Å²) < 4.78 is 11.3. The van der Waals surface area contributed by atoms with Gasteiger partial charge in [0.1, 0.15) is 0 Å². The van der Waals surface area contributed by atoms with Crippen LogP contribution in [0.25, 0.3) is 0 Å². The van der Waals surface area contributed by atoms with E-state index >= 15 is 0 Å². The number of hydrogen-bond acceptors (Lipinski definition) is 3. The molecule has 0 bridgehead atoms. The standard InChI is InChI=1S/C15H25NO2/c1-5-17-14-8-6-7-9-15(14)18-11-13(4)10-16-12(2)3/h6-9,12-13,16H,5,10-11H2,1-4H3. The quantitative estimate of drug-likeness (QED) is 0.770. The van der Waals surface area contributed by atoms with Crippen LogP contribution in [0.5, 0.6) is 11.5 Å². The van der Waals surface area contributed by atoms with E-state index < -0.39 is 0 Å². The van der Waals surface area contributed by atoms with Crippen molar-refractivity contribution in [3.63, 3.8) is 0 Å². The van der Waals surface area contributed by atoms with E-state index in [9.17, 15) is 0 Å². The van der Waals surface area contributed by atoms with Crippen LogP contribution >= 0.6 is 0 Å². The second-order valence-electron chi connectivity index (χ2n) is 4.86. The molecule has 0 aromatic heterocycles. The summed E-state index contributed by atoms with van der Waals surface area (Å²) in [6.07, 6.45) is 0. The van der Waals surface area contributed by atoms with E-state index in [1.165, 1.54) is 0 Å². The number of rotatable bonds is 8. The van der Waals surface area contributed by atoms with E-state index in [1.807, 2.05) is 31.2 Å². The Balaban J connectivity index is 2.42. The third-order valence-electron chi connectivity index (χ3n) is 2.55. The van der Waals surface area contributed by atoms with Crippen LogP contribution in [0, 0.1) is 5.92 Å². The number of para-hydroxylation sites is 2. The van der Waals surface area contributed by atoms with Gasteiger partial charge in [0.2, 0.25) is 0 Å². The minimum Gasteiger partial charge on any atom is -0.490 e. The lowest BCUT2D eigenvalue weighted by molar-refractivity contribution is 0.235. The van der Waals surface area contributed by atoms with Gasteiger partial charge in [-0.3, -0.25) is 0 Å². The monoisotopic (exact) mass is 251 g/mol. The predicted octanol–water partition coefficient (Wildman–Crippen LogP) is 3.10. The van der Waals surface area contributed by atoms with Crippen molar-refractivity contribution in [2.75, 3.05) is 19.8 Å². The molecule has 3 nitrogen and oxygen atoms in total. The maximum absolute atomic E-state index is 5.82. The van der Waals surface area contributed by atoms with E-state index in [0.717, 1.165) is 18.0 Å². The van der Waals surface area contributed by atoms with Crippen LogP contribution in [0.4, 0.5) is 0 Å². The summed E-state index contributed by atoms with van der Waals surface area (Å²) in [4.78, 5) is 0. The fourth-order valence-electron chi connectivity index (χ4n) is 1.57. The summed E-state index contributed by atoms with van der Waals surface area (Å²) in [6, 6.07) is 8.34. The molecule has 1 atom stereocenters. The fourth-order valence-corrected chi connectivity index (χ4v) is 1.57. The zero-order valence-electron chi connectivity index (χ0n) is 11.9. The number of hydrogen-bond donors (Lipinski definition) is 1. The van der Waals surface area contributed by atoms with Crippen LogP contribution in [0.2, 0.25) is 0 Å². The zero-order chi connectivity index (χ0) is 13.4. The van der Waals surface area contributed by atoms with Crippen LogP contribution in [-0.2, 0) is 0 Å². The zero-order valence-corrected chi connectivity index (χ0v) is 11.9. The summed E-state index contributed by atoms with van der Waals surface area (Å²) in [6.45, 7) is 10.8. The number of benzene rings is 1. The van der Waals surface area contributed by atoms with E-state index in [-0.39, 0.29) is 0 Å². The summed E-state index contributed by atoms with van der Waals surface area (Å²) in [5.41, 5.74) is 0. The van der Waals surface area contributed by atoms with Crippen LogP contribution in [-0.4, -0.2) is 25.8 Å². The van der Waals surface area contributed by atoms with Crippen molar-refractivity contribution in [1.82, 2.24) is 5.32 Å². The fraction of sp³-hybridized carbons (Fsp3) is 0.600. The van der Waals surface area contributed by atoms with Crippen molar-refractivity contribution < 1.29 is 9.47 Å². The molecule has 0 aliphatic heterocycles. The number of ether oxygens (including phenoxy) is 2. The Kier molecular flexibility index (Phi) is 6.58. The van der Waals surface area contributed by atoms with Crippen LogP contribution in [0.15, 0.2) is 24.3 Å². The molecule has 3 heteroatoms. The number of nitrogens with one attached hydrogen (secondary N) is 1. The molecule has 102 valence electrons. The van der Waals surface area contributed by atoms with Gasteiger partial charge < -0.3 is 14.8 Å². The molecule has 1 unspecified atom stereocenters. The Morgan fingerprint density at radius 3 is 2.22 bits per heavy atom. The molecule has 0 aliphatic carbocycles. The first kappa shape index (κ1) is 14.8. The SMILES string of the molecule is CCOc1ccccc1OCC(C)CNC(C)C. The molecule has 0 radical (unpaired) electrons. The van der Waals surface area contributed by atoms with E-state index in [4.69, 9.17) is 9.47 Å². The largest absolute Gasteiger partial charge is 0.490 e. The van der Waals surface area contributed by atoms with Crippen molar-refractivity contribution >= 4 is 0 Å². The molecule has 0 heterocycles. The second kappa shape index (κ2) is 7.98. The van der Waals surface area contributed by atoms with E-state index in [1.54, 1.807) is 0 Å². The molecule has 1 rings (SSSR count). The highest BCUT2D eigenvalue weighted by atomic mass is 16.5. The van der Waals surface area contributed by atoms with Crippen molar-refractivity contribution in [2.45, 2.75) is 33.7 Å². The molecule has 1 aromatic carbocycles. The highest BCUT2D eigenvalue weighted by Gasteiger charge is 2.07. The Morgan fingerprint density at radius 2 is 1.67 bits per heavy atom. The van der Waals surface area contributed by atoms with Gasteiger partial charge in [0.05, 0.1) is 13.2 Å². The van der Waals surface area contributed by atoms with Crippen molar-refractivity contribution in [3.05, 3.63) is 24.3 Å². The van der Waals surface area contributed by atoms with Crippen LogP contribution in [0.3, 0.4) is 0 Å². The van der Waals surface area contributed by atoms with Crippen molar-refractivity contribution in [2.24, 2.45) is 5.92 Å². The second-order valence-corrected chi connectivity index (χ2v) is 4.86. The lowest BCUT2D eigenvalue weighted by Crippen LogP contribution is -2.30. The van der Waals surface area contributed by atoms with Gasteiger partial charge in [-0.15, -0.1) is 0 Å². The third-order valence-corrected chi connectivity index (χ3v) is 2.55. The Labute approximate surface area is 110 Å². The lowest BCUT2D eigenvalue weighted by Gasteiger charge is -2.17. The molecule has 18 heavy (non-hydrogen) atoms. The van der Waals surface area contributed by atoms with Crippen molar-refractivity contribution in [3.8, 4) is 11.5 Å². The molecule has 0 saturated heterocycles. The molecule has 0 amide bonds. The van der Waals surface area contributed by atoms with Gasteiger partial charge in [0, 0.05) is 18.5 Å².